The molecule has 1 aromatic heterocycles. The van der Waals surface area contributed by atoms with Crippen molar-refractivity contribution in [3.63, 3.8) is 0 Å². The van der Waals surface area contributed by atoms with E-state index in [4.69, 9.17) is 4.42 Å². The van der Waals surface area contributed by atoms with Crippen molar-refractivity contribution in [2.75, 3.05) is 0 Å². The molecule has 0 saturated carbocycles. The molecular formula is C13H9BrO3. The predicted octanol–water partition coefficient (Wildman–Crippen LogP) is 3.67. The van der Waals surface area contributed by atoms with E-state index in [-0.39, 0.29) is 5.57 Å². The smallest absolute Gasteiger partial charge is 0.336 e. The molecule has 1 heterocycles. The first-order chi connectivity index (χ1) is 8.18. The van der Waals surface area contributed by atoms with Gasteiger partial charge in [-0.2, -0.15) is 0 Å². The van der Waals surface area contributed by atoms with Gasteiger partial charge in [0.2, 0.25) is 0 Å². The number of benzene rings is 1. The van der Waals surface area contributed by atoms with Gasteiger partial charge in [0.25, 0.3) is 0 Å². The van der Waals surface area contributed by atoms with E-state index in [1.807, 2.05) is 6.07 Å². The highest BCUT2D eigenvalue weighted by Gasteiger charge is 2.12. The van der Waals surface area contributed by atoms with Crippen molar-refractivity contribution in [2.24, 2.45) is 0 Å². The zero-order valence-corrected chi connectivity index (χ0v) is 10.3. The molecule has 0 radical (unpaired) electrons. The zero-order chi connectivity index (χ0) is 12.3. The molecule has 3 nitrogen and oxygen atoms in total. The Morgan fingerprint density at radius 1 is 1.24 bits per heavy atom. The molecule has 4 heteroatoms. The van der Waals surface area contributed by atoms with Crippen LogP contribution in [0.25, 0.3) is 11.6 Å². The highest BCUT2D eigenvalue weighted by molar-refractivity contribution is 9.10. The third-order valence-corrected chi connectivity index (χ3v) is 2.89. The number of carboxylic acid groups (broad SMARTS) is 1. The van der Waals surface area contributed by atoms with Gasteiger partial charge in [0, 0.05) is 0 Å². The molecule has 0 aliphatic heterocycles. The Morgan fingerprint density at radius 3 is 2.47 bits per heavy atom. The van der Waals surface area contributed by atoms with Gasteiger partial charge in [-0.05, 0) is 33.6 Å². The summed E-state index contributed by atoms with van der Waals surface area (Å²) < 4.78 is 5.91. The molecule has 0 unspecified atom stereocenters. The van der Waals surface area contributed by atoms with Crippen LogP contribution in [-0.4, -0.2) is 11.1 Å². The molecule has 2 aromatic rings. The number of hydrogen-bond donors (Lipinski definition) is 1. The summed E-state index contributed by atoms with van der Waals surface area (Å²) in [4.78, 5) is 11.2. The standard InChI is InChI=1S/C13H9BrO3/c14-11-6-7-17-12(11)8-10(13(15)16)9-4-2-1-3-5-9/h1-8H,(H,15,16)/b10-8+. The molecule has 2 rings (SSSR count). The Kier molecular flexibility index (Phi) is 3.44. The average molecular weight is 293 g/mol. The van der Waals surface area contributed by atoms with Crippen LogP contribution in [0, 0.1) is 0 Å². The second kappa shape index (κ2) is 5.01. The van der Waals surface area contributed by atoms with Gasteiger partial charge in [0.05, 0.1) is 16.3 Å². The Labute approximate surface area is 107 Å². The minimum absolute atomic E-state index is 0.196. The van der Waals surface area contributed by atoms with E-state index in [1.54, 1.807) is 30.3 Å². The van der Waals surface area contributed by atoms with Crippen molar-refractivity contribution in [1.82, 2.24) is 0 Å². The first kappa shape index (κ1) is 11.7. The van der Waals surface area contributed by atoms with Crippen LogP contribution >= 0.6 is 15.9 Å². The van der Waals surface area contributed by atoms with Gasteiger partial charge in [-0.25, -0.2) is 4.79 Å². The Hall–Kier alpha value is -1.81. The summed E-state index contributed by atoms with van der Waals surface area (Å²) in [5.74, 6) is -0.495. The number of carboxylic acids is 1. The third-order valence-electron chi connectivity index (χ3n) is 2.24. The van der Waals surface area contributed by atoms with Gasteiger partial charge < -0.3 is 9.52 Å². The molecule has 0 aliphatic carbocycles. The number of aliphatic carboxylic acids is 1. The van der Waals surface area contributed by atoms with Crippen LogP contribution in [0.4, 0.5) is 0 Å². The Balaban J connectivity index is 2.47. The molecule has 0 atom stereocenters. The summed E-state index contributed by atoms with van der Waals surface area (Å²) >= 11 is 3.29. The minimum atomic E-state index is -0.987. The van der Waals surface area contributed by atoms with Gasteiger partial charge in [-0.3, -0.25) is 0 Å². The van der Waals surface area contributed by atoms with Gasteiger partial charge in [-0.1, -0.05) is 30.3 Å². The van der Waals surface area contributed by atoms with Crippen LogP contribution < -0.4 is 0 Å². The number of carbonyl (C=O) groups is 1. The number of rotatable bonds is 3. The number of halogens is 1. The Morgan fingerprint density at radius 2 is 1.94 bits per heavy atom. The molecule has 0 saturated heterocycles. The van der Waals surface area contributed by atoms with Gasteiger partial charge in [0.15, 0.2) is 0 Å². The van der Waals surface area contributed by atoms with Crippen LogP contribution in [-0.2, 0) is 4.79 Å². The summed E-state index contributed by atoms with van der Waals surface area (Å²) in [5.41, 5.74) is 0.838. The average Bonchev–Trinajstić information content (AvgIpc) is 2.72. The number of hydrogen-bond acceptors (Lipinski definition) is 2. The lowest BCUT2D eigenvalue weighted by atomic mass is 10.1. The minimum Gasteiger partial charge on any atom is -0.478 e. The summed E-state index contributed by atoms with van der Waals surface area (Å²) in [6, 6.07) is 10.6. The van der Waals surface area contributed by atoms with Crippen molar-refractivity contribution < 1.29 is 14.3 Å². The quantitative estimate of drug-likeness (QED) is 0.878. The van der Waals surface area contributed by atoms with Gasteiger partial charge in [-0.15, -0.1) is 0 Å². The molecule has 0 spiro atoms. The van der Waals surface area contributed by atoms with Crippen LogP contribution in [0.5, 0.6) is 0 Å². The summed E-state index contributed by atoms with van der Waals surface area (Å²) in [5, 5.41) is 9.19. The molecule has 1 aromatic carbocycles. The second-order valence-corrected chi connectivity index (χ2v) is 4.22. The molecule has 0 amide bonds. The lowest BCUT2D eigenvalue weighted by Gasteiger charge is -2.01. The van der Waals surface area contributed by atoms with E-state index in [0.29, 0.717) is 11.3 Å². The fourth-order valence-electron chi connectivity index (χ4n) is 1.43. The highest BCUT2D eigenvalue weighted by Crippen LogP contribution is 2.24. The number of furan rings is 1. The highest BCUT2D eigenvalue weighted by atomic mass is 79.9. The molecule has 0 aliphatic rings. The molecule has 86 valence electrons. The van der Waals surface area contributed by atoms with Crippen LogP contribution in [0.3, 0.4) is 0 Å². The van der Waals surface area contributed by atoms with Crippen molar-refractivity contribution in [1.29, 1.82) is 0 Å². The van der Waals surface area contributed by atoms with Crippen LogP contribution in [0.2, 0.25) is 0 Å². The second-order valence-electron chi connectivity index (χ2n) is 3.36. The van der Waals surface area contributed by atoms with Crippen LogP contribution in [0.1, 0.15) is 11.3 Å². The third kappa shape index (κ3) is 2.65. The summed E-state index contributed by atoms with van der Waals surface area (Å²) in [6.07, 6.45) is 3.00. The first-order valence-electron chi connectivity index (χ1n) is 4.92. The fourth-order valence-corrected chi connectivity index (χ4v) is 1.74. The summed E-state index contributed by atoms with van der Waals surface area (Å²) in [7, 11) is 0. The molecular weight excluding hydrogens is 284 g/mol. The van der Waals surface area contributed by atoms with Crippen LogP contribution in [0.15, 0.2) is 51.6 Å². The van der Waals surface area contributed by atoms with E-state index in [9.17, 15) is 9.90 Å². The predicted molar refractivity (Wildman–Crippen MR) is 68.4 cm³/mol. The monoisotopic (exact) mass is 292 g/mol. The van der Waals surface area contributed by atoms with E-state index in [2.05, 4.69) is 15.9 Å². The van der Waals surface area contributed by atoms with Gasteiger partial charge >= 0.3 is 5.97 Å². The fraction of sp³-hybridized carbons (Fsp3) is 0. The largest absolute Gasteiger partial charge is 0.478 e. The SMILES string of the molecule is O=C(O)/C(=C/c1occc1Br)c1ccccc1. The molecule has 0 bridgehead atoms. The molecule has 0 fully saturated rings. The Bertz CT molecular complexity index is 555. The van der Waals surface area contributed by atoms with E-state index in [1.165, 1.54) is 12.3 Å². The normalized spacial score (nSPS) is 11.5. The topological polar surface area (TPSA) is 50.4 Å². The van der Waals surface area contributed by atoms with E-state index < -0.39 is 5.97 Å². The van der Waals surface area contributed by atoms with Crippen molar-refractivity contribution in [3.8, 4) is 0 Å². The van der Waals surface area contributed by atoms with Crippen molar-refractivity contribution in [3.05, 3.63) is 58.5 Å². The van der Waals surface area contributed by atoms with Crippen molar-refractivity contribution in [2.45, 2.75) is 0 Å². The van der Waals surface area contributed by atoms with E-state index >= 15 is 0 Å². The maximum atomic E-state index is 11.2. The van der Waals surface area contributed by atoms with E-state index in [0.717, 1.165) is 4.47 Å². The van der Waals surface area contributed by atoms with Gasteiger partial charge in [0.1, 0.15) is 5.76 Å². The lowest BCUT2D eigenvalue weighted by molar-refractivity contribution is -0.130. The lowest BCUT2D eigenvalue weighted by Crippen LogP contribution is -1.99. The maximum absolute atomic E-state index is 11.2. The molecule has 17 heavy (non-hydrogen) atoms. The molecule has 1 N–H and O–H groups in total. The zero-order valence-electron chi connectivity index (χ0n) is 8.76. The van der Waals surface area contributed by atoms with Crippen molar-refractivity contribution >= 4 is 33.5 Å². The first-order valence-corrected chi connectivity index (χ1v) is 5.71. The maximum Gasteiger partial charge on any atom is 0.336 e. The summed E-state index contributed by atoms with van der Waals surface area (Å²) in [6.45, 7) is 0.